The molecule has 0 aromatic rings. The van der Waals surface area contributed by atoms with Crippen LogP contribution in [-0.2, 0) is 67.1 Å². The van der Waals surface area contributed by atoms with Crippen LogP contribution in [0.2, 0.25) is 0 Å². The van der Waals surface area contributed by atoms with Gasteiger partial charge < -0.3 is 23.7 Å². The molecule has 0 bridgehead atoms. The van der Waals surface area contributed by atoms with Crippen molar-refractivity contribution in [2.24, 2.45) is 0 Å². The maximum absolute atomic E-state index is 13.1. The Hall–Kier alpha value is -2.03. The Morgan fingerprint density at radius 2 is 0.537 bits per heavy atom. The Bertz CT molecular complexity index is 641. The molecule has 0 saturated heterocycles. The molecule has 2 rings (SSSR count). The van der Waals surface area contributed by atoms with E-state index in [-0.39, 0.29) is 52.5 Å². The molecule has 0 heterocycles. The van der Waals surface area contributed by atoms with Crippen molar-refractivity contribution in [3.8, 4) is 0 Å². The monoisotopic (exact) mass is 662 g/mol. The van der Waals surface area contributed by atoms with E-state index in [1.165, 1.54) is 0 Å². The van der Waals surface area contributed by atoms with Crippen LogP contribution in [-0.4, -0.2) is 62.9 Å². The molecular weight excluding hydrogens is 621 g/mol. The zero-order chi connectivity index (χ0) is 29.9. The van der Waals surface area contributed by atoms with Crippen molar-refractivity contribution in [2.75, 3.05) is 33.0 Å². The van der Waals surface area contributed by atoms with E-state index in [1.807, 2.05) is 32.1 Å². The van der Waals surface area contributed by atoms with Gasteiger partial charge in [0, 0.05) is 0 Å². The van der Waals surface area contributed by atoms with E-state index in [0.29, 0.717) is 32.1 Å². The van der Waals surface area contributed by atoms with Gasteiger partial charge in [0.15, 0.2) is 0 Å². The SMILES string of the molecule is CCCOC(=O)[C]1[C](C(=O)OCCC)[C](C(=O)OCCC)[C](C(=O)OCCC)[C]1C(=O)OCCC.[CH]1[CH][CH][CH][CH]1.[Ru+2]. The molecule has 10 nitrogen and oxygen atoms in total. The molecule has 41 heavy (non-hydrogen) atoms. The molecule has 0 aromatic carbocycles. The van der Waals surface area contributed by atoms with E-state index >= 15 is 0 Å². The number of carbonyl (C=O) groups excluding carboxylic acids is 5. The normalized spacial score (nSPS) is 16.2. The fourth-order valence-electron chi connectivity index (χ4n) is 3.30. The van der Waals surface area contributed by atoms with Crippen LogP contribution in [0.15, 0.2) is 0 Å². The van der Waals surface area contributed by atoms with Gasteiger partial charge in [-0.1, -0.05) is 34.6 Å². The zero-order valence-electron chi connectivity index (χ0n) is 24.4. The minimum Gasteiger partial charge on any atom is -0.465 e. The molecule has 226 valence electrons. The molecular formula is C30H40O10Ru+2. The standard InChI is InChI=1S/C25H35O10.C5H5.Ru/c1-6-11-31-21(26)16-17(22(27)32-12-7-2)19(24(29)34-14-9-4)20(25(30)35-15-10-5)18(16)23(28)33-13-8-3;1-2-4-5-3-1;/h6-15H2,1-5H3;1-5H;/q;;+2. The van der Waals surface area contributed by atoms with Gasteiger partial charge in [0.1, 0.15) is 29.6 Å². The van der Waals surface area contributed by atoms with E-state index in [4.69, 9.17) is 23.7 Å². The van der Waals surface area contributed by atoms with Gasteiger partial charge in [-0.3, -0.25) is 24.0 Å². The third kappa shape index (κ3) is 12.4. The molecule has 0 atom stereocenters. The number of hydrogen-bond donors (Lipinski definition) is 0. The molecule has 0 unspecified atom stereocenters. The van der Waals surface area contributed by atoms with Gasteiger partial charge in [0.05, 0.1) is 33.0 Å². The largest absolute Gasteiger partial charge is 2.00 e. The van der Waals surface area contributed by atoms with Gasteiger partial charge in [0.25, 0.3) is 0 Å². The van der Waals surface area contributed by atoms with Crippen molar-refractivity contribution >= 4 is 29.8 Å². The number of rotatable bonds is 15. The Kier molecular flexibility index (Phi) is 21.4. The number of ether oxygens (including phenoxy) is 5. The van der Waals surface area contributed by atoms with Crippen molar-refractivity contribution < 1.29 is 67.1 Å². The summed E-state index contributed by atoms with van der Waals surface area (Å²) in [5, 5.41) is 0. The fraction of sp³-hybridized carbons (Fsp3) is 0.500. The predicted molar refractivity (Wildman–Crippen MR) is 144 cm³/mol. The van der Waals surface area contributed by atoms with Crippen molar-refractivity contribution in [1.82, 2.24) is 0 Å². The topological polar surface area (TPSA) is 132 Å². The van der Waals surface area contributed by atoms with Gasteiger partial charge in [-0.05, 0) is 64.2 Å². The molecule has 0 aromatic heterocycles. The van der Waals surface area contributed by atoms with Crippen LogP contribution >= 0.6 is 0 Å². The number of hydrogen-bond acceptors (Lipinski definition) is 10. The second kappa shape index (κ2) is 22.6. The molecule has 2 saturated carbocycles. The molecule has 0 N–H and O–H groups in total. The van der Waals surface area contributed by atoms with Crippen molar-refractivity contribution in [2.45, 2.75) is 66.7 Å². The maximum Gasteiger partial charge on any atom is 2.00 e. The fourth-order valence-corrected chi connectivity index (χ4v) is 3.30. The molecule has 0 amide bonds. The minimum atomic E-state index is -1.07. The third-order valence-electron chi connectivity index (χ3n) is 5.01. The van der Waals surface area contributed by atoms with Crippen molar-refractivity contribution in [1.29, 1.82) is 0 Å². The summed E-state index contributed by atoms with van der Waals surface area (Å²) in [4.78, 5) is 65.5. The predicted octanol–water partition coefficient (Wildman–Crippen LogP) is 3.66. The molecule has 10 radical (unpaired) electrons. The summed E-state index contributed by atoms with van der Waals surface area (Å²) >= 11 is 0. The summed E-state index contributed by atoms with van der Waals surface area (Å²) in [7, 11) is 0. The first-order valence-corrected chi connectivity index (χ1v) is 13.7. The molecule has 2 aliphatic rings. The summed E-state index contributed by atoms with van der Waals surface area (Å²) < 4.78 is 26.0. The van der Waals surface area contributed by atoms with Crippen LogP contribution in [0.3, 0.4) is 0 Å². The summed E-state index contributed by atoms with van der Waals surface area (Å²) in [6, 6.07) is 0. The van der Waals surface area contributed by atoms with Gasteiger partial charge >= 0.3 is 49.3 Å². The zero-order valence-corrected chi connectivity index (χ0v) is 26.1. The molecule has 2 aliphatic carbocycles. The second-order valence-corrected chi connectivity index (χ2v) is 8.52. The van der Waals surface area contributed by atoms with Crippen LogP contribution < -0.4 is 0 Å². The first-order chi connectivity index (χ1) is 19.3. The molecule has 11 heteroatoms. The van der Waals surface area contributed by atoms with E-state index in [0.717, 1.165) is 0 Å². The van der Waals surface area contributed by atoms with E-state index in [1.54, 1.807) is 34.6 Å². The summed E-state index contributed by atoms with van der Waals surface area (Å²) in [6.07, 6.45) is 12.3. The average Bonchev–Trinajstić information content (AvgIpc) is 3.65. The smallest absolute Gasteiger partial charge is 0.465 e. The first kappa shape index (κ1) is 39.0. The quantitative estimate of drug-likeness (QED) is 0.146. The number of carbonyl (C=O) groups is 5. The third-order valence-corrected chi connectivity index (χ3v) is 5.01. The average molecular weight is 662 g/mol. The van der Waals surface area contributed by atoms with Gasteiger partial charge in [-0.2, -0.15) is 0 Å². The van der Waals surface area contributed by atoms with Crippen LogP contribution in [0.1, 0.15) is 66.7 Å². The van der Waals surface area contributed by atoms with Gasteiger partial charge in [0.2, 0.25) is 0 Å². The second-order valence-electron chi connectivity index (χ2n) is 8.52. The van der Waals surface area contributed by atoms with Crippen LogP contribution in [0.25, 0.3) is 0 Å². The van der Waals surface area contributed by atoms with Gasteiger partial charge in [-0.25, -0.2) is 0 Å². The van der Waals surface area contributed by atoms with E-state index in [9.17, 15) is 24.0 Å². The molecule has 0 spiro atoms. The van der Waals surface area contributed by atoms with Crippen molar-refractivity contribution in [3.63, 3.8) is 0 Å². The Morgan fingerprint density at radius 3 is 0.659 bits per heavy atom. The van der Waals surface area contributed by atoms with E-state index in [2.05, 4.69) is 0 Å². The Morgan fingerprint density at radius 1 is 0.390 bits per heavy atom. The van der Waals surface area contributed by atoms with Gasteiger partial charge in [-0.15, -0.1) is 0 Å². The first-order valence-electron chi connectivity index (χ1n) is 13.7. The van der Waals surface area contributed by atoms with Crippen LogP contribution in [0.4, 0.5) is 0 Å². The van der Waals surface area contributed by atoms with Crippen LogP contribution in [0, 0.1) is 61.7 Å². The summed E-state index contributed by atoms with van der Waals surface area (Å²) in [5.41, 5.74) is 0. The minimum absolute atomic E-state index is 0. The molecule has 2 fully saturated rings. The number of esters is 5. The Balaban J connectivity index is 0.00000239. The van der Waals surface area contributed by atoms with E-state index < -0.39 is 59.4 Å². The van der Waals surface area contributed by atoms with Crippen LogP contribution in [0.5, 0.6) is 0 Å². The molecule has 0 aliphatic heterocycles. The summed E-state index contributed by atoms with van der Waals surface area (Å²) in [6.45, 7) is 8.65. The van der Waals surface area contributed by atoms with Crippen molar-refractivity contribution in [3.05, 3.63) is 61.7 Å². The summed E-state index contributed by atoms with van der Waals surface area (Å²) in [5.74, 6) is -8.24. The maximum atomic E-state index is 13.1. The Labute approximate surface area is 258 Å².